The minimum Gasteiger partial charge on any atom is -0.372 e. The van der Waals surface area contributed by atoms with Crippen molar-refractivity contribution in [2.45, 2.75) is 6.42 Å². The summed E-state index contributed by atoms with van der Waals surface area (Å²) in [5, 5.41) is 3.03. The Balaban J connectivity index is 2.21. The lowest BCUT2D eigenvalue weighted by atomic mass is 10.1. The fraction of sp³-hybridized carbons (Fsp3) is 0.167. The molecule has 0 saturated heterocycles. The maximum absolute atomic E-state index is 4.43. The number of nitrogens with zero attached hydrogens (tertiary/aromatic N) is 2. The zero-order valence-corrected chi connectivity index (χ0v) is 12.4. The van der Waals surface area contributed by atoms with Crippen LogP contribution in [0.2, 0.25) is 0 Å². The quantitative estimate of drug-likeness (QED) is 0.912. The minimum absolute atomic E-state index is 0.731. The molecule has 1 heterocycles. The van der Waals surface area contributed by atoms with Gasteiger partial charge in [0.05, 0.1) is 4.47 Å². The molecular formula is C12H11Br2N3. The summed E-state index contributed by atoms with van der Waals surface area (Å²) in [5.74, 6) is 1.62. The number of hydrogen-bond donors (Lipinski definition) is 1. The number of aromatic nitrogens is 2. The number of hydrogen-bond acceptors (Lipinski definition) is 3. The minimum atomic E-state index is 0.731. The van der Waals surface area contributed by atoms with Gasteiger partial charge in [-0.25, -0.2) is 9.97 Å². The van der Waals surface area contributed by atoms with Gasteiger partial charge in [0.25, 0.3) is 0 Å². The number of anilines is 1. The Labute approximate surface area is 117 Å². The van der Waals surface area contributed by atoms with Crippen LogP contribution in [0, 0.1) is 0 Å². The number of benzene rings is 1. The molecule has 0 fully saturated rings. The molecule has 1 N–H and O–H groups in total. The highest BCUT2D eigenvalue weighted by atomic mass is 79.9. The van der Waals surface area contributed by atoms with Gasteiger partial charge in [-0.15, -0.1) is 0 Å². The van der Waals surface area contributed by atoms with Gasteiger partial charge in [-0.3, -0.25) is 0 Å². The van der Waals surface area contributed by atoms with E-state index in [-0.39, 0.29) is 0 Å². The fourth-order valence-corrected chi connectivity index (χ4v) is 2.10. The van der Waals surface area contributed by atoms with Crippen molar-refractivity contribution in [2.75, 3.05) is 12.4 Å². The van der Waals surface area contributed by atoms with Crippen LogP contribution in [0.5, 0.6) is 0 Å². The van der Waals surface area contributed by atoms with Gasteiger partial charge in [0, 0.05) is 24.1 Å². The molecule has 2 aromatic rings. The van der Waals surface area contributed by atoms with Gasteiger partial charge in [0.15, 0.2) is 0 Å². The van der Waals surface area contributed by atoms with Gasteiger partial charge in [0.1, 0.15) is 11.6 Å². The van der Waals surface area contributed by atoms with Crippen LogP contribution in [0.15, 0.2) is 39.4 Å². The molecule has 0 aliphatic rings. The standard InChI is InChI=1S/C12H11Br2N3/c1-15-12-10(14)7-16-11(17-12)6-8-2-4-9(13)5-3-8/h2-5,7H,6H2,1H3,(H,15,16,17). The van der Waals surface area contributed by atoms with Crippen molar-refractivity contribution in [3.63, 3.8) is 0 Å². The molecule has 3 nitrogen and oxygen atoms in total. The van der Waals surface area contributed by atoms with Crippen LogP contribution in [-0.4, -0.2) is 17.0 Å². The lowest BCUT2D eigenvalue weighted by Gasteiger charge is -2.05. The predicted octanol–water partition coefficient (Wildman–Crippen LogP) is 3.63. The van der Waals surface area contributed by atoms with Crippen LogP contribution >= 0.6 is 31.9 Å². The largest absolute Gasteiger partial charge is 0.372 e. The molecule has 0 atom stereocenters. The Hall–Kier alpha value is -0.940. The van der Waals surface area contributed by atoms with E-state index in [0.717, 1.165) is 27.0 Å². The van der Waals surface area contributed by atoms with Crippen LogP contribution in [0.1, 0.15) is 11.4 Å². The van der Waals surface area contributed by atoms with Crippen LogP contribution in [-0.2, 0) is 6.42 Å². The van der Waals surface area contributed by atoms with Gasteiger partial charge in [-0.1, -0.05) is 28.1 Å². The Bertz CT molecular complexity index is 512. The van der Waals surface area contributed by atoms with Crippen LogP contribution in [0.3, 0.4) is 0 Å². The van der Waals surface area contributed by atoms with Gasteiger partial charge < -0.3 is 5.32 Å². The summed E-state index contributed by atoms with van der Waals surface area (Å²) in [6, 6.07) is 8.17. The fourth-order valence-electron chi connectivity index (χ4n) is 1.45. The van der Waals surface area contributed by atoms with Crippen molar-refractivity contribution < 1.29 is 0 Å². The first-order chi connectivity index (χ1) is 8.19. The van der Waals surface area contributed by atoms with E-state index in [0.29, 0.717) is 0 Å². The predicted molar refractivity (Wildman–Crippen MR) is 76.2 cm³/mol. The van der Waals surface area contributed by atoms with E-state index in [1.807, 2.05) is 19.2 Å². The van der Waals surface area contributed by atoms with E-state index in [9.17, 15) is 0 Å². The van der Waals surface area contributed by atoms with Crippen molar-refractivity contribution in [1.29, 1.82) is 0 Å². The van der Waals surface area contributed by atoms with Gasteiger partial charge in [0.2, 0.25) is 0 Å². The van der Waals surface area contributed by atoms with E-state index in [1.54, 1.807) is 6.20 Å². The van der Waals surface area contributed by atoms with E-state index >= 15 is 0 Å². The van der Waals surface area contributed by atoms with E-state index in [4.69, 9.17) is 0 Å². The first-order valence-corrected chi connectivity index (χ1v) is 6.71. The van der Waals surface area contributed by atoms with Crippen molar-refractivity contribution in [2.24, 2.45) is 0 Å². The SMILES string of the molecule is CNc1nc(Cc2ccc(Br)cc2)ncc1Br. The zero-order valence-electron chi connectivity index (χ0n) is 9.24. The molecule has 2 rings (SSSR count). The Kier molecular flexibility index (Phi) is 4.12. The molecule has 17 heavy (non-hydrogen) atoms. The van der Waals surface area contributed by atoms with Crippen LogP contribution in [0.25, 0.3) is 0 Å². The Morgan fingerprint density at radius 1 is 1.18 bits per heavy atom. The molecule has 0 aliphatic carbocycles. The molecule has 1 aromatic carbocycles. The molecule has 5 heteroatoms. The molecule has 0 unspecified atom stereocenters. The number of halogens is 2. The molecule has 88 valence electrons. The van der Waals surface area contributed by atoms with Gasteiger partial charge >= 0.3 is 0 Å². The molecule has 0 spiro atoms. The summed E-state index contributed by atoms with van der Waals surface area (Å²) in [5.41, 5.74) is 1.19. The van der Waals surface area contributed by atoms with Crippen molar-refractivity contribution in [3.05, 3.63) is 50.8 Å². The van der Waals surface area contributed by atoms with Gasteiger partial charge in [-0.2, -0.15) is 0 Å². The lowest BCUT2D eigenvalue weighted by Crippen LogP contribution is -2.01. The Morgan fingerprint density at radius 2 is 1.88 bits per heavy atom. The number of rotatable bonds is 3. The summed E-state index contributed by atoms with van der Waals surface area (Å²) in [6.45, 7) is 0. The molecule has 0 radical (unpaired) electrons. The second kappa shape index (κ2) is 5.60. The smallest absolute Gasteiger partial charge is 0.143 e. The summed E-state index contributed by atoms with van der Waals surface area (Å²) in [6.07, 6.45) is 2.50. The second-order valence-corrected chi connectivity index (χ2v) is 5.31. The van der Waals surface area contributed by atoms with Gasteiger partial charge in [-0.05, 0) is 33.6 Å². The summed E-state index contributed by atoms with van der Waals surface area (Å²) in [4.78, 5) is 8.72. The van der Waals surface area contributed by atoms with E-state index in [1.165, 1.54) is 5.56 Å². The second-order valence-electron chi connectivity index (χ2n) is 3.54. The van der Waals surface area contributed by atoms with Crippen molar-refractivity contribution in [3.8, 4) is 0 Å². The average molecular weight is 357 g/mol. The third-order valence-electron chi connectivity index (χ3n) is 2.31. The van der Waals surface area contributed by atoms with Crippen molar-refractivity contribution >= 4 is 37.7 Å². The van der Waals surface area contributed by atoms with E-state index in [2.05, 4.69) is 59.3 Å². The maximum Gasteiger partial charge on any atom is 0.143 e. The molecule has 0 amide bonds. The third-order valence-corrected chi connectivity index (χ3v) is 3.42. The first kappa shape index (κ1) is 12.5. The molecule has 0 aliphatic heterocycles. The normalized spacial score (nSPS) is 10.3. The maximum atomic E-state index is 4.43. The molecule has 1 aromatic heterocycles. The van der Waals surface area contributed by atoms with Crippen molar-refractivity contribution in [1.82, 2.24) is 9.97 Å². The lowest BCUT2D eigenvalue weighted by molar-refractivity contribution is 0.963. The van der Waals surface area contributed by atoms with Crippen LogP contribution < -0.4 is 5.32 Å². The average Bonchev–Trinajstić information content (AvgIpc) is 2.34. The molecule has 0 bridgehead atoms. The first-order valence-electron chi connectivity index (χ1n) is 5.12. The van der Waals surface area contributed by atoms with Crippen LogP contribution in [0.4, 0.5) is 5.82 Å². The molecular weight excluding hydrogens is 346 g/mol. The van der Waals surface area contributed by atoms with E-state index < -0.39 is 0 Å². The number of nitrogens with one attached hydrogen (secondary N) is 1. The molecule has 0 saturated carbocycles. The highest BCUT2D eigenvalue weighted by molar-refractivity contribution is 9.10. The monoisotopic (exact) mass is 355 g/mol. The summed E-state index contributed by atoms with van der Waals surface area (Å²) in [7, 11) is 1.84. The summed E-state index contributed by atoms with van der Waals surface area (Å²) < 4.78 is 1.95. The Morgan fingerprint density at radius 3 is 2.53 bits per heavy atom. The highest BCUT2D eigenvalue weighted by Crippen LogP contribution is 2.19. The zero-order chi connectivity index (χ0) is 12.3. The topological polar surface area (TPSA) is 37.8 Å². The third kappa shape index (κ3) is 3.26. The summed E-state index contributed by atoms with van der Waals surface area (Å²) >= 11 is 6.81. The highest BCUT2D eigenvalue weighted by Gasteiger charge is 2.04.